The summed E-state index contributed by atoms with van der Waals surface area (Å²) in [5, 5.41) is 4.07. The van der Waals surface area contributed by atoms with E-state index in [1.807, 2.05) is 36.6 Å². The molecule has 1 saturated heterocycles. The number of carbonyl (C=O) groups is 2. The van der Waals surface area contributed by atoms with E-state index in [9.17, 15) is 18.4 Å². The van der Waals surface area contributed by atoms with Crippen LogP contribution in [0.1, 0.15) is 52.8 Å². The highest BCUT2D eigenvalue weighted by Gasteiger charge is 2.35. The van der Waals surface area contributed by atoms with E-state index in [0.29, 0.717) is 41.2 Å². The van der Waals surface area contributed by atoms with Crippen LogP contribution in [0.5, 0.6) is 0 Å². The van der Waals surface area contributed by atoms with Gasteiger partial charge in [-0.05, 0) is 68.7 Å². The molecule has 6 rings (SSSR count). The molecular weight excluding hydrogens is 530 g/mol. The average molecular weight is 557 g/mol. The minimum absolute atomic E-state index is 0.201. The molecule has 2 aromatic carbocycles. The zero-order valence-electron chi connectivity index (χ0n) is 22.6. The van der Waals surface area contributed by atoms with E-state index in [4.69, 9.17) is 14.2 Å². The summed E-state index contributed by atoms with van der Waals surface area (Å²) in [6.07, 6.45) is 3.35. The van der Waals surface area contributed by atoms with Crippen LogP contribution >= 0.6 is 0 Å². The molecule has 0 radical (unpaired) electrons. The van der Waals surface area contributed by atoms with Gasteiger partial charge in [-0.25, -0.2) is 18.6 Å². The van der Waals surface area contributed by atoms with Gasteiger partial charge in [0.15, 0.2) is 11.6 Å². The number of ether oxygens (including phenoxy) is 1. The van der Waals surface area contributed by atoms with Crippen LogP contribution in [0.25, 0.3) is 28.0 Å². The third kappa shape index (κ3) is 4.55. The van der Waals surface area contributed by atoms with Crippen LogP contribution in [-0.2, 0) is 9.53 Å². The molecule has 1 amide bonds. The van der Waals surface area contributed by atoms with Crippen molar-refractivity contribution in [1.29, 1.82) is 0 Å². The third-order valence-electron chi connectivity index (χ3n) is 7.50. The molecule has 10 heteroatoms. The quantitative estimate of drug-likeness (QED) is 0.227. The van der Waals surface area contributed by atoms with E-state index in [1.54, 1.807) is 24.3 Å². The Morgan fingerprint density at radius 1 is 1.02 bits per heavy atom. The van der Waals surface area contributed by atoms with Crippen molar-refractivity contribution in [2.75, 3.05) is 12.0 Å². The lowest BCUT2D eigenvalue weighted by molar-refractivity contribution is -0.120. The highest BCUT2D eigenvalue weighted by molar-refractivity contribution is 5.95. The largest absolute Gasteiger partial charge is 0.465 e. The summed E-state index contributed by atoms with van der Waals surface area (Å²) in [5.41, 5.74) is 5.84. The van der Waals surface area contributed by atoms with Crippen molar-refractivity contribution >= 4 is 23.2 Å². The van der Waals surface area contributed by atoms with E-state index < -0.39 is 23.6 Å². The second kappa shape index (κ2) is 10.3. The Balaban J connectivity index is 1.56. The second-order valence-corrected chi connectivity index (χ2v) is 10.0. The first kappa shape index (κ1) is 26.4. The van der Waals surface area contributed by atoms with Crippen LogP contribution in [0.2, 0.25) is 0 Å². The molecular formula is C31H26F2N4O4. The molecule has 5 aromatic rings. The minimum atomic E-state index is -1.03. The maximum atomic E-state index is 14.3. The standard InChI is InChI=1S/C31H26F2N4O4/c1-17-28(18(2)41-35-17)21-13-14-36-26(15-21)34-29(30(36)19-7-9-20(10-8-19)31(39)40-3)25-5-4-6-27(38)37(25)22-11-12-23(32)24(33)16-22/h7-16,25H,4-6H2,1-3H3. The first-order valence-electron chi connectivity index (χ1n) is 13.2. The van der Waals surface area contributed by atoms with Crippen molar-refractivity contribution in [2.45, 2.75) is 39.2 Å². The van der Waals surface area contributed by atoms with Gasteiger partial charge < -0.3 is 14.2 Å². The van der Waals surface area contributed by atoms with Crippen molar-refractivity contribution in [3.05, 3.63) is 95.1 Å². The van der Waals surface area contributed by atoms with Gasteiger partial charge in [0.1, 0.15) is 11.4 Å². The molecule has 0 N–H and O–H groups in total. The number of piperidine rings is 1. The van der Waals surface area contributed by atoms with Gasteiger partial charge in [-0.2, -0.15) is 0 Å². The summed E-state index contributed by atoms with van der Waals surface area (Å²) in [5.74, 6) is -1.99. The number of pyridine rings is 1. The number of imidazole rings is 1. The molecule has 1 unspecified atom stereocenters. The summed E-state index contributed by atoms with van der Waals surface area (Å²) in [7, 11) is 1.32. The SMILES string of the molecule is COC(=O)c1ccc(-c2c(C3CCCC(=O)N3c3ccc(F)c(F)c3)nc3cc(-c4c(C)noc4C)ccn23)cc1. The Hall–Kier alpha value is -4.86. The number of amides is 1. The lowest BCUT2D eigenvalue weighted by Crippen LogP contribution is -2.38. The number of halogens is 2. The maximum absolute atomic E-state index is 14.3. The van der Waals surface area contributed by atoms with Crippen LogP contribution < -0.4 is 4.90 Å². The number of methoxy groups -OCH3 is 1. The number of benzene rings is 2. The van der Waals surface area contributed by atoms with Gasteiger partial charge in [0.25, 0.3) is 0 Å². The van der Waals surface area contributed by atoms with E-state index in [0.717, 1.165) is 34.5 Å². The predicted molar refractivity (Wildman–Crippen MR) is 147 cm³/mol. The molecule has 208 valence electrons. The van der Waals surface area contributed by atoms with Crippen molar-refractivity contribution in [3.63, 3.8) is 0 Å². The topological polar surface area (TPSA) is 89.9 Å². The number of rotatable bonds is 5. The highest BCUT2D eigenvalue weighted by atomic mass is 19.2. The van der Waals surface area contributed by atoms with Gasteiger partial charge in [0.2, 0.25) is 5.91 Å². The van der Waals surface area contributed by atoms with Crippen LogP contribution in [-0.4, -0.2) is 33.5 Å². The summed E-state index contributed by atoms with van der Waals surface area (Å²) < 4.78 is 40.2. The molecule has 1 aliphatic rings. The zero-order valence-corrected chi connectivity index (χ0v) is 22.6. The Morgan fingerprint density at radius 3 is 2.49 bits per heavy atom. The van der Waals surface area contributed by atoms with Crippen LogP contribution in [0.3, 0.4) is 0 Å². The van der Waals surface area contributed by atoms with E-state index in [-0.39, 0.29) is 18.0 Å². The lowest BCUT2D eigenvalue weighted by Gasteiger charge is -2.35. The number of hydrogen-bond donors (Lipinski definition) is 0. The van der Waals surface area contributed by atoms with Gasteiger partial charge in [0, 0.05) is 35.5 Å². The minimum Gasteiger partial charge on any atom is -0.465 e. The molecule has 1 atom stereocenters. The first-order valence-corrected chi connectivity index (χ1v) is 13.2. The van der Waals surface area contributed by atoms with Crippen LogP contribution in [0.15, 0.2) is 65.3 Å². The van der Waals surface area contributed by atoms with Gasteiger partial charge in [0.05, 0.1) is 35.8 Å². The van der Waals surface area contributed by atoms with E-state index in [1.165, 1.54) is 18.1 Å². The second-order valence-electron chi connectivity index (χ2n) is 10.0. The fourth-order valence-electron chi connectivity index (χ4n) is 5.60. The molecule has 3 aromatic heterocycles. The number of nitrogens with zero attached hydrogens (tertiary/aromatic N) is 4. The monoisotopic (exact) mass is 556 g/mol. The summed E-state index contributed by atoms with van der Waals surface area (Å²) in [4.78, 5) is 31.9. The van der Waals surface area contributed by atoms with Crippen molar-refractivity contribution in [1.82, 2.24) is 14.5 Å². The van der Waals surface area contributed by atoms with Crippen molar-refractivity contribution in [3.8, 4) is 22.4 Å². The Bertz CT molecular complexity index is 1790. The molecule has 0 bridgehead atoms. The maximum Gasteiger partial charge on any atom is 0.337 e. The highest BCUT2D eigenvalue weighted by Crippen LogP contribution is 2.41. The van der Waals surface area contributed by atoms with Gasteiger partial charge in [-0.3, -0.25) is 9.20 Å². The van der Waals surface area contributed by atoms with Crippen molar-refractivity contribution < 1.29 is 27.6 Å². The summed E-state index contributed by atoms with van der Waals surface area (Å²) in [6.45, 7) is 3.72. The van der Waals surface area contributed by atoms with E-state index >= 15 is 0 Å². The average Bonchev–Trinajstić information content (AvgIpc) is 3.52. The zero-order chi connectivity index (χ0) is 28.8. The third-order valence-corrected chi connectivity index (χ3v) is 7.50. The predicted octanol–water partition coefficient (Wildman–Crippen LogP) is 6.60. The van der Waals surface area contributed by atoms with Crippen molar-refractivity contribution in [2.24, 2.45) is 0 Å². The number of carbonyl (C=O) groups excluding carboxylic acids is 2. The summed E-state index contributed by atoms with van der Waals surface area (Å²) in [6, 6.07) is 13.7. The number of esters is 1. The first-order chi connectivity index (χ1) is 19.8. The molecule has 41 heavy (non-hydrogen) atoms. The Kier molecular flexibility index (Phi) is 6.61. The smallest absolute Gasteiger partial charge is 0.337 e. The molecule has 4 heterocycles. The van der Waals surface area contributed by atoms with Gasteiger partial charge in [-0.1, -0.05) is 17.3 Å². The molecule has 0 spiro atoms. The fraction of sp³-hybridized carbons (Fsp3) is 0.226. The number of fused-ring (bicyclic) bond motifs is 1. The number of anilines is 1. The molecule has 8 nitrogen and oxygen atoms in total. The normalized spacial score (nSPS) is 15.5. The van der Waals surface area contributed by atoms with Crippen LogP contribution in [0.4, 0.5) is 14.5 Å². The molecule has 0 aliphatic carbocycles. The van der Waals surface area contributed by atoms with Crippen LogP contribution in [0, 0.1) is 25.5 Å². The Morgan fingerprint density at radius 2 is 1.80 bits per heavy atom. The number of aromatic nitrogens is 3. The summed E-state index contributed by atoms with van der Waals surface area (Å²) >= 11 is 0. The van der Waals surface area contributed by atoms with Gasteiger partial charge in [-0.15, -0.1) is 0 Å². The fourth-order valence-corrected chi connectivity index (χ4v) is 5.60. The van der Waals surface area contributed by atoms with Gasteiger partial charge >= 0.3 is 5.97 Å². The lowest BCUT2D eigenvalue weighted by atomic mass is 9.94. The van der Waals surface area contributed by atoms with E-state index in [2.05, 4.69) is 5.16 Å². The molecule has 1 fully saturated rings. The molecule has 1 aliphatic heterocycles. The number of aryl methyl sites for hydroxylation is 2. The number of hydrogen-bond acceptors (Lipinski definition) is 6. The Labute approximate surface area is 234 Å². The molecule has 0 saturated carbocycles.